The van der Waals surface area contributed by atoms with Crippen LogP contribution in [0.15, 0.2) is 42.5 Å². The molecule has 4 nitrogen and oxygen atoms in total. The molecule has 0 aliphatic carbocycles. The topological polar surface area (TPSA) is 50.7 Å². The molecule has 0 atom stereocenters. The lowest BCUT2D eigenvalue weighted by molar-refractivity contribution is 0.343. The van der Waals surface area contributed by atoms with Crippen molar-refractivity contribution in [2.75, 3.05) is 14.2 Å². The van der Waals surface area contributed by atoms with Crippen molar-refractivity contribution in [1.29, 1.82) is 0 Å². The second-order valence-electron chi connectivity index (χ2n) is 7.71. The van der Waals surface area contributed by atoms with Crippen LogP contribution >= 0.6 is 0 Å². The number of phenols is 1. The Labute approximate surface area is 159 Å². The van der Waals surface area contributed by atoms with Crippen LogP contribution in [-0.2, 0) is 13.0 Å². The molecule has 0 radical (unpaired) electrons. The van der Waals surface area contributed by atoms with E-state index in [1.54, 1.807) is 20.3 Å². The van der Waals surface area contributed by atoms with Crippen molar-refractivity contribution in [3.63, 3.8) is 0 Å². The van der Waals surface area contributed by atoms with Gasteiger partial charge in [0.05, 0.1) is 14.2 Å². The quantitative estimate of drug-likeness (QED) is 0.711. The van der Waals surface area contributed by atoms with Crippen LogP contribution in [0.3, 0.4) is 0 Å². The molecule has 0 amide bonds. The summed E-state index contributed by atoms with van der Waals surface area (Å²) < 4.78 is 11.5. The molecule has 0 unspecified atom stereocenters. The zero-order valence-corrected chi connectivity index (χ0v) is 16.2. The Hall–Kier alpha value is -2.72. The highest BCUT2D eigenvalue weighted by Crippen LogP contribution is 2.46. The van der Waals surface area contributed by atoms with Crippen molar-refractivity contribution in [3.05, 3.63) is 53.6 Å². The van der Waals surface area contributed by atoms with Gasteiger partial charge in [0.25, 0.3) is 0 Å². The molecule has 3 aromatic carbocycles. The lowest BCUT2D eigenvalue weighted by Gasteiger charge is -2.35. The van der Waals surface area contributed by atoms with Crippen LogP contribution in [0, 0.1) is 0 Å². The fraction of sp³-hybridized carbons (Fsp3) is 0.304. The second kappa shape index (κ2) is 6.46. The van der Waals surface area contributed by atoms with Crippen LogP contribution < -0.4 is 14.8 Å². The summed E-state index contributed by atoms with van der Waals surface area (Å²) >= 11 is 0. The van der Waals surface area contributed by atoms with Gasteiger partial charge in [0.1, 0.15) is 17.2 Å². The highest BCUT2D eigenvalue weighted by Gasteiger charge is 2.31. The van der Waals surface area contributed by atoms with Crippen LogP contribution in [0.5, 0.6) is 17.2 Å². The van der Waals surface area contributed by atoms with E-state index in [1.165, 1.54) is 11.1 Å². The average molecular weight is 363 g/mol. The molecule has 0 bridgehead atoms. The number of methoxy groups -OCH3 is 2. The van der Waals surface area contributed by atoms with Gasteiger partial charge in [-0.2, -0.15) is 0 Å². The normalized spacial score (nSPS) is 15.4. The number of hydrogen-bond donors (Lipinski definition) is 2. The van der Waals surface area contributed by atoms with Gasteiger partial charge in [-0.1, -0.05) is 24.3 Å². The summed E-state index contributed by atoms with van der Waals surface area (Å²) in [7, 11) is 3.39. The fourth-order valence-electron chi connectivity index (χ4n) is 4.09. The third kappa shape index (κ3) is 2.90. The summed E-state index contributed by atoms with van der Waals surface area (Å²) in [6.07, 6.45) is 0.862. The molecule has 2 N–H and O–H groups in total. The summed E-state index contributed by atoms with van der Waals surface area (Å²) in [5.74, 6) is 1.92. The van der Waals surface area contributed by atoms with Gasteiger partial charge in [0.15, 0.2) is 0 Å². The zero-order valence-electron chi connectivity index (χ0n) is 16.2. The molecule has 4 rings (SSSR count). The summed E-state index contributed by atoms with van der Waals surface area (Å²) in [6, 6.07) is 13.7. The van der Waals surface area contributed by atoms with E-state index < -0.39 is 0 Å². The summed E-state index contributed by atoms with van der Waals surface area (Å²) in [4.78, 5) is 0. The Morgan fingerprint density at radius 2 is 1.63 bits per heavy atom. The molecule has 27 heavy (non-hydrogen) atoms. The van der Waals surface area contributed by atoms with E-state index in [0.29, 0.717) is 0 Å². The Balaban J connectivity index is 2.09. The molecule has 0 fully saturated rings. The first-order valence-electron chi connectivity index (χ1n) is 9.18. The highest BCUT2D eigenvalue weighted by molar-refractivity contribution is 6.02. The van der Waals surface area contributed by atoms with Gasteiger partial charge in [-0.25, -0.2) is 0 Å². The molecule has 1 heterocycles. The summed E-state index contributed by atoms with van der Waals surface area (Å²) in [6.45, 7) is 5.17. The maximum Gasteiger partial charge on any atom is 0.130 e. The Kier molecular flexibility index (Phi) is 4.23. The van der Waals surface area contributed by atoms with E-state index in [9.17, 15) is 5.11 Å². The minimum atomic E-state index is -0.0220. The van der Waals surface area contributed by atoms with Crippen LogP contribution in [0.1, 0.15) is 25.0 Å². The smallest absolute Gasteiger partial charge is 0.130 e. The van der Waals surface area contributed by atoms with Gasteiger partial charge in [0.2, 0.25) is 0 Å². The van der Waals surface area contributed by atoms with Crippen molar-refractivity contribution >= 4 is 10.8 Å². The first-order valence-corrected chi connectivity index (χ1v) is 9.18. The van der Waals surface area contributed by atoms with E-state index in [1.807, 2.05) is 36.4 Å². The Morgan fingerprint density at radius 1 is 0.926 bits per heavy atom. The predicted octanol–water partition coefficient (Wildman–Crippen LogP) is 4.65. The van der Waals surface area contributed by atoms with Crippen LogP contribution in [-0.4, -0.2) is 24.9 Å². The molecule has 140 valence electrons. The average Bonchev–Trinajstić information content (AvgIpc) is 2.67. The highest BCUT2D eigenvalue weighted by atomic mass is 16.5. The van der Waals surface area contributed by atoms with Gasteiger partial charge in [-0.3, -0.25) is 0 Å². The maximum absolute atomic E-state index is 10.3. The number of nitrogens with one attached hydrogen (secondary N) is 1. The SMILES string of the molecule is COc1cc(OC)c(-c2ccc(O)c3ccccc23)c2c1CNC(C)(C)C2. The van der Waals surface area contributed by atoms with Crippen LogP contribution in [0.25, 0.3) is 21.9 Å². The summed E-state index contributed by atoms with van der Waals surface area (Å²) in [5.41, 5.74) is 4.54. The van der Waals surface area contributed by atoms with Crippen LogP contribution in [0.4, 0.5) is 0 Å². The minimum Gasteiger partial charge on any atom is -0.507 e. The van der Waals surface area contributed by atoms with Gasteiger partial charge in [-0.05, 0) is 48.9 Å². The number of hydrogen-bond acceptors (Lipinski definition) is 4. The molecule has 1 aliphatic heterocycles. The molecule has 0 aromatic heterocycles. The molecule has 0 saturated heterocycles. The zero-order chi connectivity index (χ0) is 19.2. The number of aromatic hydroxyl groups is 1. The number of phenolic OH excluding ortho intramolecular Hbond substituents is 1. The van der Waals surface area contributed by atoms with Crippen molar-refractivity contribution in [1.82, 2.24) is 5.32 Å². The third-order valence-electron chi connectivity index (χ3n) is 5.44. The molecular weight excluding hydrogens is 338 g/mol. The van der Waals surface area contributed by atoms with E-state index in [2.05, 4.69) is 19.2 Å². The van der Waals surface area contributed by atoms with E-state index in [0.717, 1.165) is 46.4 Å². The van der Waals surface area contributed by atoms with Gasteiger partial charge in [0, 0.05) is 34.7 Å². The molecule has 0 saturated carbocycles. The maximum atomic E-state index is 10.3. The third-order valence-corrected chi connectivity index (χ3v) is 5.44. The van der Waals surface area contributed by atoms with E-state index in [4.69, 9.17) is 9.47 Å². The van der Waals surface area contributed by atoms with Gasteiger partial charge in [-0.15, -0.1) is 0 Å². The number of fused-ring (bicyclic) bond motifs is 2. The molecule has 0 spiro atoms. The lowest BCUT2D eigenvalue weighted by atomic mass is 9.81. The first kappa shape index (κ1) is 17.7. The molecule has 3 aromatic rings. The fourth-order valence-corrected chi connectivity index (χ4v) is 4.09. The molecular formula is C23H25NO3. The second-order valence-corrected chi connectivity index (χ2v) is 7.71. The first-order chi connectivity index (χ1) is 12.9. The lowest BCUT2D eigenvalue weighted by Crippen LogP contribution is -2.44. The standard InChI is InChI=1S/C23H25NO3/c1-23(2)12-17-18(13-24-23)20(26-3)11-21(27-4)22(17)16-9-10-19(25)15-8-6-5-7-14(15)16/h5-11,24-25H,12-13H2,1-4H3. The van der Waals surface area contributed by atoms with Crippen molar-refractivity contribution in [2.24, 2.45) is 0 Å². The monoisotopic (exact) mass is 363 g/mol. The van der Waals surface area contributed by atoms with E-state index in [-0.39, 0.29) is 11.3 Å². The number of rotatable bonds is 3. The van der Waals surface area contributed by atoms with Gasteiger partial charge < -0.3 is 19.9 Å². The molecule has 1 aliphatic rings. The Bertz CT molecular complexity index is 1020. The minimum absolute atomic E-state index is 0.0220. The van der Waals surface area contributed by atoms with Crippen molar-refractivity contribution in [2.45, 2.75) is 32.4 Å². The summed E-state index contributed by atoms with van der Waals surface area (Å²) in [5, 5.41) is 15.8. The van der Waals surface area contributed by atoms with Crippen molar-refractivity contribution in [3.8, 4) is 28.4 Å². The Morgan fingerprint density at radius 3 is 2.33 bits per heavy atom. The van der Waals surface area contributed by atoms with Crippen molar-refractivity contribution < 1.29 is 14.6 Å². The number of ether oxygens (including phenoxy) is 2. The number of benzene rings is 3. The van der Waals surface area contributed by atoms with Crippen LogP contribution in [0.2, 0.25) is 0 Å². The molecule has 4 heteroatoms. The largest absolute Gasteiger partial charge is 0.507 e. The van der Waals surface area contributed by atoms with E-state index >= 15 is 0 Å². The van der Waals surface area contributed by atoms with Gasteiger partial charge >= 0.3 is 0 Å². The predicted molar refractivity (Wildman–Crippen MR) is 109 cm³/mol.